The van der Waals surface area contributed by atoms with Crippen molar-refractivity contribution in [2.45, 2.75) is 18.6 Å². The van der Waals surface area contributed by atoms with Gasteiger partial charge in [-0.2, -0.15) is 13.2 Å². The highest BCUT2D eigenvalue weighted by Crippen LogP contribution is 2.33. The molecule has 0 unspecified atom stereocenters. The Morgan fingerprint density at radius 2 is 1.86 bits per heavy atom. The van der Waals surface area contributed by atoms with Gasteiger partial charge >= 0.3 is 6.18 Å². The Hall–Kier alpha value is -0.890. The van der Waals surface area contributed by atoms with E-state index in [2.05, 4.69) is 5.32 Å². The summed E-state index contributed by atoms with van der Waals surface area (Å²) in [6, 6.07) is 2.20. The molecule has 2 N–H and O–H groups in total. The second-order valence-corrected chi connectivity index (χ2v) is 5.05. The fraction of sp³-hybridized carbons (Fsp3) is 0.571. The van der Waals surface area contributed by atoms with Crippen molar-refractivity contribution in [3.8, 4) is 0 Å². The van der Waals surface area contributed by atoms with Gasteiger partial charge in [0.25, 0.3) is 0 Å². The van der Waals surface area contributed by atoms with E-state index in [1.807, 2.05) is 4.90 Å². The van der Waals surface area contributed by atoms with E-state index in [0.29, 0.717) is 25.6 Å². The summed E-state index contributed by atoms with van der Waals surface area (Å²) in [4.78, 5) is 1.98. The van der Waals surface area contributed by atoms with Crippen LogP contribution >= 0.6 is 12.4 Å². The zero-order valence-electron chi connectivity index (χ0n) is 11.9. The maximum atomic E-state index is 14.1. The first-order valence-electron chi connectivity index (χ1n) is 6.85. The topological polar surface area (TPSA) is 35.5 Å². The molecule has 0 aromatic heterocycles. The maximum Gasteiger partial charge on any atom is 0.416 e. The summed E-state index contributed by atoms with van der Waals surface area (Å²) in [6.07, 6.45) is -4.26. The minimum atomic E-state index is -4.55. The SMILES string of the molecule is Cl.OCC[C@H](c1ccc(C(F)(F)F)cc1F)N1CCNCC1. The van der Waals surface area contributed by atoms with Crippen molar-refractivity contribution in [3.63, 3.8) is 0 Å². The van der Waals surface area contributed by atoms with Crippen LogP contribution in [0, 0.1) is 5.82 Å². The molecule has 1 aromatic carbocycles. The van der Waals surface area contributed by atoms with Gasteiger partial charge in [-0.3, -0.25) is 4.90 Å². The number of alkyl halides is 3. The number of halogens is 5. The van der Waals surface area contributed by atoms with Gasteiger partial charge in [-0.05, 0) is 18.6 Å². The predicted octanol–water partition coefficient (Wildman–Crippen LogP) is 2.60. The van der Waals surface area contributed by atoms with Crippen molar-refractivity contribution in [2.24, 2.45) is 0 Å². The number of aliphatic hydroxyl groups excluding tert-OH is 1. The van der Waals surface area contributed by atoms with Crippen molar-refractivity contribution < 1.29 is 22.7 Å². The molecule has 1 fully saturated rings. The second kappa shape index (κ2) is 8.10. The molecule has 1 aliphatic heterocycles. The lowest BCUT2D eigenvalue weighted by Crippen LogP contribution is -2.45. The average Bonchev–Trinajstić information content (AvgIpc) is 2.45. The quantitative estimate of drug-likeness (QED) is 0.826. The Morgan fingerprint density at radius 1 is 1.23 bits per heavy atom. The van der Waals surface area contributed by atoms with Crippen molar-refractivity contribution in [3.05, 3.63) is 35.1 Å². The Bertz CT molecular complexity index is 478. The van der Waals surface area contributed by atoms with Crippen LogP contribution in [0.5, 0.6) is 0 Å². The lowest BCUT2D eigenvalue weighted by molar-refractivity contribution is -0.137. The zero-order chi connectivity index (χ0) is 15.5. The van der Waals surface area contributed by atoms with E-state index in [4.69, 9.17) is 5.11 Å². The number of rotatable bonds is 4. The van der Waals surface area contributed by atoms with Crippen molar-refractivity contribution in [1.82, 2.24) is 10.2 Å². The average molecular weight is 343 g/mol. The number of hydrogen-bond acceptors (Lipinski definition) is 3. The Labute approximate surface area is 132 Å². The van der Waals surface area contributed by atoms with Crippen LogP contribution in [-0.2, 0) is 6.18 Å². The standard InChI is InChI=1S/C14H18F4N2O.ClH/c15-12-9-10(14(16,17)18)1-2-11(12)13(3-8-21)20-6-4-19-5-7-20;/h1-2,9,13,19,21H,3-8H2;1H/t13-;/m1./s1. The second-order valence-electron chi connectivity index (χ2n) is 5.05. The van der Waals surface area contributed by atoms with E-state index in [0.717, 1.165) is 19.2 Å². The van der Waals surface area contributed by atoms with Crippen LogP contribution < -0.4 is 5.32 Å². The van der Waals surface area contributed by atoms with E-state index >= 15 is 0 Å². The fourth-order valence-electron chi connectivity index (χ4n) is 2.62. The van der Waals surface area contributed by atoms with E-state index in [9.17, 15) is 17.6 Å². The third-order valence-corrected chi connectivity index (χ3v) is 3.68. The summed E-state index contributed by atoms with van der Waals surface area (Å²) in [5.41, 5.74) is -0.786. The molecule has 1 aromatic rings. The van der Waals surface area contributed by atoms with Crippen LogP contribution in [0.25, 0.3) is 0 Å². The predicted molar refractivity (Wildman–Crippen MR) is 77.5 cm³/mol. The molecule has 2 rings (SSSR count). The van der Waals surface area contributed by atoms with Gasteiger partial charge in [0, 0.05) is 44.4 Å². The number of nitrogens with one attached hydrogen (secondary N) is 1. The van der Waals surface area contributed by atoms with Gasteiger partial charge < -0.3 is 10.4 Å². The molecule has 22 heavy (non-hydrogen) atoms. The molecule has 0 bridgehead atoms. The molecule has 3 nitrogen and oxygen atoms in total. The first-order chi connectivity index (χ1) is 9.93. The van der Waals surface area contributed by atoms with Crippen LogP contribution in [-0.4, -0.2) is 42.8 Å². The molecule has 8 heteroatoms. The van der Waals surface area contributed by atoms with Crippen molar-refractivity contribution >= 4 is 12.4 Å². The summed E-state index contributed by atoms with van der Waals surface area (Å²) >= 11 is 0. The van der Waals surface area contributed by atoms with Gasteiger partial charge in [0.05, 0.1) is 5.56 Å². The van der Waals surface area contributed by atoms with Gasteiger partial charge in [0.2, 0.25) is 0 Å². The molecule has 126 valence electrons. The summed E-state index contributed by atoms with van der Waals surface area (Å²) in [7, 11) is 0. The normalized spacial score (nSPS) is 17.9. The Morgan fingerprint density at radius 3 is 2.36 bits per heavy atom. The largest absolute Gasteiger partial charge is 0.416 e. The lowest BCUT2D eigenvalue weighted by Gasteiger charge is -2.35. The van der Waals surface area contributed by atoms with Crippen molar-refractivity contribution in [1.29, 1.82) is 0 Å². The third-order valence-electron chi connectivity index (χ3n) is 3.68. The molecule has 0 amide bonds. The van der Waals surface area contributed by atoms with E-state index in [-0.39, 0.29) is 24.6 Å². The maximum absolute atomic E-state index is 14.1. The molecule has 1 aliphatic rings. The smallest absolute Gasteiger partial charge is 0.396 e. The summed E-state index contributed by atoms with van der Waals surface area (Å²) in [5, 5.41) is 12.3. The summed E-state index contributed by atoms with van der Waals surface area (Å²) in [5.74, 6) is -0.873. The van der Waals surface area contributed by atoms with Crippen LogP contribution in [0.4, 0.5) is 17.6 Å². The number of piperazine rings is 1. The number of hydrogen-bond donors (Lipinski definition) is 2. The molecular weight excluding hydrogens is 324 g/mol. The molecule has 1 heterocycles. The van der Waals surface area contributed by atoms with Crippen molar-refractivity contribution in [2.75, 3.05) is 32.8 Å². The van der Waals surface area contributed by atoms with Crippen LogP contribution in [0.1, 0.15) is 23.6 Å². The van der Waals surface area contributed by atoms with Gasteiger partial charge in [-0.25, -0.2) is 4.39 Å². The molecule has 0 radical (unpaired) electrons. The minimum Gasteiger partial charge on any atom is -0.396 e. The number of aliphatic hydroxyl groups is 1. The first-order valence-corrected chi connectivity index (χ1v) is 6.85. The molecule has 0 spiro atoms. The van der Waals surface area contributed by atoms with E-state index in [1.165, 1.54) is 6.07 Å². The highest BCUT2D eigenvalue weighted by molar-refractivity contribution is 5.85. The van der Waals surface area contributed by atoms with Gasteiger partial charge in [-0.15, -0.1) is 12.4 Å². The highest BCUT2D eigenvalue weighted by Gasteiger charge is 2.32. The molecular formula is C14H19ClF4N2O. The minimum absolute atomic E-state index is 0. The number of benzene rings is 1. The number of nitrogens with zero attached hydrogens (tertiary/aromatic N) is 1. The van der Waals surface area contributed by atoms with Crippen LogP contribution in [0.15, 0.2) is 18.2 Å². The van der Waals surface area contributed by atoms with Gasteiger partial charge in [-0.1, -0.05) is 6.07 Å². The summed E-state index contributed by atoms with van der Waals surface area (Å²) in [6.45, 7) is 2.68. The zero-order valence-corrected chi connectivity index (χ0v) is 12.7. The third kappa shape index (κ3) is 4.55. The van der Waals surface area contributed by atoms with Gasteiger partial charge in [0.15, 0.2) is 0 Å². The van der Waals surface area contributed by atoms with E-state index < -0.39 is 23.6 Å². The Balaban J connectivity index is 0.00000242. The molecule has 0 saturated carbocycles. The molecule has 1 atom stereocenters. The first kappa shape index (κ1) is 19.2. The van der Waals surface area contributed by atoms with Crippen LogP contribution in [0.3, 0.4) is 0 Å². The highest BCUT2D eigenvalue weighted by atomic mass is 35.5. The monoisotopic (exact) mass is 342 g/mol. The molecule has 1 saturated heterocycles. The lowest BCUT2D eigenvalue weighted by atomic mass is 9.99. The fourth-order valence-corrected chi connectivity index (χ4v) is 2.62. The van der Waals surface area contributed by atoms with E-state index in [1.54, 1.807) is 0 Å². The molecule has 0 aliphatic carbocycles. The summed E-state index contributed by atoms with van der Waals surface area (Å²) < 4.78 is 51.8. The van der Waals surface area contributed by atoms with Crippen LogP contribution in [0.2, 0.25) is 0 Å². The van der Waals surface area contributed by atoms with Gasteiger partial charge in [0.1, 0.15) is 5.82 Å². The Kier molecular flexibility index (Phi) is 7.05.